The van der Waals surface area contributed by atoms with Crippen LogP contribution in [0.15, 0.2) is 35.6 Å². The molecule has 0 spiro atoms. The first-order chi connectivity index (χ1) is 16.3. The van der Waals surface area contributed by atoms with Gasteiger partial charge in [0.05, 0.1) is 29.8 Å². The highest BCUT2D eigenvalue weighted by Crippen LogP contribution is 2.49. The minimum Gasteiger partial charge on any atom is -0.508 e. The number of aromatic hydroxyl groups is 1. The zero-order chi connectivity index (χ0) is 24.1. The van der Waals surface area contributed by atoms with Gasteiger partial charge in [-0.1, -0.05) is 30.4 Å². The number of phenolic OH excluding ortho intramolecular Hbond substituents is 1. The van der Waals surface area contributed by atoms with E-state index in [1.807, 2.05) is 0 Å². The molecular weight excluding hydrogens is 456 g/mol. The molecule has 0 bridgehead atoms. The van der Waals surface area contributed by atoms with Crippen LogP contribution in [-0.2, 0) is 19.1 Å². The van der Waals surface area contributed by atoms with Crippen LogP contribution < -0.4 is 4.90 Å². The summed E-state index contributed by atoms with van der Waals surface area (Å²) in [5.74, 6) is -0.733. The summed E-state index contributed by atoms with van der Waals surface area (Å²) in [7, 11) is 0. The predicted molar refractivity (Wildman–Crippen MR) is 125 cm³/mol. The number of aromatic nitrogens is 1. The van der Waals surface area contributed by atoms with Gasteiger partial charge in [0.2, 0.25) is 0 Å². The summed E-state index contributed by atoms with van der Waals surface area (Å²) in [6, 6.07) is 5.66. The molecule has 1 N–H and O–H groups in total. The molecule has 1 saturated carbocycles. The number of aryl methyl sites for hydroxylation is 1. The number of esters is 1. The molecule has 1 amide bonds. The molecule has 9 heteroatoms. The molecule has 1 aliphatic carbocycles. The third kappa shape index (κ3) is 3.58. The Bertz CT molecular complexity index is 1200. The van der Waals surface area contributed by atoms with Crippen molar-refractivity contribution in [3.63, 3.8) is 0 Å². The van der Waals surface area contributed by atoms with E-state index < -0.39 is 17.9 Å². The Labute approximate surface area is 201 Å². The summed E-state index contributed by atoms with van der Waals surface area (Å²) in [5, 5.41) is 10.1. The number of carbonyl (C=O) groups excluding carboxylic acids is 3. The second kappa shape index (κ2) is 8.54. The molecule has 4 atom stereocenters. The Morgan fingerprint density at radius 3 is 2.71 bits per heavy atom. The molecule has 5 rings (SSSR count). The van der Waals surface area contributed by atoms with Crippen molar-refractivity contribution in [3.8, 4) is 5.75 Å². The van der Waals surface area contributed by atoms with Gasteiger partial charge < -0.3 is 14.6 Å². The largest absolute Gasteiger partial charge is 0.508 e. The van der Waals surface area contributed by atoms with E-state index in [1.54, 1.807) is 26.0 Å². The van der Waals surface area contributed by atoms with Crippen molar-refractivity contribution in [1.29, 1.82) is 0 Å². The average molecular weight is 483 g/mol. The van der Waals surface area contributed by atoms with E-state index in [2.05, 4.69) is 11.9 Å². The first kappa shape index (κ1) is 22.6. The fraction of sp³-hybridized carbons (Fsp3) is 0.440. The number of ketones is 1. The maximum absolute atomic E-state index is 13.8. The number of fused-ring (bicyclic) bond motifs is 1. The summed E-state index contributed by atoms with van der Waals surface area (Å²) in [6.07, 6.45) is 2.10. The Hall–Kier alpha value is -3.20. The van der Waals surface area contributed by atoms with E-state index in [1.165, 1.54) is 17.0 Å². The minimum atomic E-state index is -0.755. The van der Waals surface area contributed by atoms with E-state index >= 15 is 0 Å². The summed E-state index contributed by atoms with van der Waals surface area (Å²) in [5.41, 5.74) is 1.44. The molecule has 178 valence electrons. The van der Waals surface area contributed by atoms with Crippen molar-refractivity contribution < 1.29 is 29.0 Å². The van der Waals surface area contributed by atoms with Crippen LogP contribution in [0.1, 0.15) is 60.1 Å². The number of carbonyl (C=O) groups is 3. The number of hydrogen-bond donors (Lipinski definition) is 1. The number of ether oxygens (including phenoxy) is 2. The lowest BCUT2D eigenvalue weighted by Crippen LogP contribution is -2.41. The van der Waals surface area contributed by atoms with Crippen LogP contribution in [0.5, 0.6) is 5.75 Å². The summed E-state index contributed by atoms with van der Waals surface area (Å²) in [6.45, 7) is 5.77. The van der Waals surface area contributed by atoms with Gasteiger partial charge in [0.15, 0.2) is 16.7 Å². The van der Waals surface area contributed by atoms with Crippen LogP contribution in [0, 0.1) is 18.8 Å². The fourth-order valence-corrected chi connectivity index (χ4v) is 6.11. The monoisotopic (exact) mass is 482 g/mol. The third-order valence-electron chi connectivity index (χ3n) is 6.77. The molecule has 1 aromatic carbocycles. The zero-order valence-electron chi connectivity index (χ0n) is 19.2. The first-order valence-electron chi connectivity index (χ1n) is 11.5. The highest BCUT2D eigenvalue weighted by molar-refractivity contribution is 7.17. The lowest BCUT2D eigenvalue weighted by molar-refractivity contribution is -0.132. The maximum Gasteiger partial charge on any atom is 0.350 e. The van der Waals surface area contributed by atoms with Gasteiger partial charge in [0, 0.05) is 0 Å². The number of nitrogens with zero attached hydrogens (tertiary/aromatic N) is 2. The number of hydrogen-bond acceptors (Lipinski definition) is 8. The van der Waals surface area contributed by atoms with Crippen LogP contribution in [0.2, 0.25) is 0 Å². The van der Waals surface area contributed by atoms with Crippen LogP contribution in [0.4, 0.5) is 5.13 Å². The normalized spacial score (nSPS) is 26.3. The molecule has 8 nitrogen and oxygen atoms in total. The van der Waals surface area contributed by atoms with E-state index in [0.717, 1.165) is 30.6 Å². The molecule has 2 aromatic rings. The number of thiazole rings is 1. The first-order valence-corrected chi connectivity index (χ1v) is 12.3. The molecular formula is C25H26N2O6S. The fourth-order valence-electron chi connectivity index (χ4n) is 5.12. The molecule has 2 aliphatic heterocycles. The van der Waals surface area contributed by atoms with E-state index in [4.69, 9.17) is 9.47 Å². The van der Waals surface area contributed by atoms with Gasteiger partial charge >= 0.3 is 5.97 Å². The molecule has 3 heterocycles. The van der Waals surface area contributed by atoms with Gasteiger partial charge in [-0.3, -0.25) is 14.5 Å². The van der Waals surface area contributed by atoms with Crippen LogP contribution >= 0.6 is 11.3 Å². The zero-order valence-corrected chi connectivity index (χ0v) is 20.1. The molecule has 1 aromatic heterocycles. The van der Waals surface area contributed by atoms with Crippen molar-refractivity contribution in [2.75, 3.05) is 11.5 Å². The molecule has 0 radical (unpaired) electrons. The SMILES string of the molecule is CCOC(=O)c1sc(N2C(=O)C3=C(C(=O)C4CC(C)CCC4O3)C2c2ccc(O)cc2)nc1C. The Morgan fingerprint density at radius 1 is 1.26 bits per heavy atom. The summed E-state index contributed by atoms with van der Waals surface area (Å²) in [4.78, 5) is 46.1. The van der Waals surface area contributed by atoms with Gasteiger partial charge in [0.1, 0.15) is 16.7 Å². The van der Waals surface area contributed by atoms with Gasteiger partial charge in [0.25, 0.3) is 5.91 Å². The van der Waals surface area contributed by atoms with E-state index in [0.29, 0.717) is 32.8 Å². The number of amides is 1. The molecule has 0 saturated heterocycles. The van der Waals surface area contributed by atoms with E-state index in [9.17, 15) is 19.5 Å². The standard InChI is InChI=1S/C25H26N2O6S/c1-4-32-24(31)22-13(3)26-25(34-22)27-19(14-6-8-15(28)9-7-14)18-20(29)16-11-12(2)5-10-17(16)33-21(18)23(27)30/h6-9,12,16-17,19,28H,4-5,10-11H2,1-3H3. The highest BCUT2D eigenvalue weighted by atomic mass is 32.1. The van der Waals surface area contributed by atoms with Gasteiger partial charge in [-0.2, -0.15) is 0 Å². The smallest absolute Gasteiger partial charge is 0.350 e. The number of phenols is 1. The lowest BCUT2D eigenvalue weighted by Gasteiger charge is -2.37. The van der Waals surface area contributed by atoms with Gasteiger partial charge in [-0.15, -0.1) is 0 Å². The number of anilines is 1. The quantitative estimate of drug-likeness (QED) is 0.655. The molecule has 34 heavy (non-hydrogen) atoms. The second-order valence-electron chi connectivity index (χ2n) is 9.09. The van der Waals surface area contributed by atoms with Crippen molar-refractivity contribution in [3.05, 3.63) is 51.7 Å². The second-order valence-corrected chi connectivity index (χ2v) is 10.1. The van der Waals surface area contributed by atoms with Crippen molar-refractivity contribution in [1.82, 2.24) is 4.98 Å². The Kier molecular flexibility index (Phi) is 5.67. The summed E-state index contributed by atoms with van der Waals surface area (Å²) < 4.78 is 11.3. The molecule has 4 unspecified atom stereocenters. The number of benzene rings is 1. The molecule has 1 fully saturated rings. The van der Waals surface area contributed by atoms with Crippen LogP contribution in [-0.4, -0.2) is 40.5 Å². The Morgan fingerprint density at radius 2 is 2.00 bits per heavy atom. The highest BCUT2D eigenvalue weighted by Gasteiger charge is 2.53. The summed E-state index contributed by atoms with van der Waals surface area (Å²) >= 11 is 1.06. The predicted octanol–water partition coefficient (Wildman–Crippen LogP) is 4.08. The Balaban J connectivity index is 1.61. The van der Waals surface area contributed by atoms with Gasteiger partial charge in [-0.05, 0) is 56.7 Å². The van der Waals surface area contributed by atoms with E-state index in [-0.39, 0.29) is 35.9 Å². The number of Topliss-reactive ketones (excluding diaryl/α,β-unsaturated/α-hetero) is 1. The third-order valence-corrected chi connectivity index (χ3v) is 7.91. The average Bonchev–Trinajstić information content (AvgIpc) is 3.33. The maximum atomic E-state index is 13.8. The number of rotatable bonds is 4. The van der Waals surface area contributed by atoms with Crippen LogP contribution in [0.3, 0.4) is 0 Å². The lowest BCUT2D eigenvalue weighted by atomic mass is 9.74. The topological polar surface area (TPSA) is 106 Å². The van der Waals surface area contributed by atoms with Crippen molar-refractivity contribution >= 4 is 34.1 Å². The minimum absolute atomic E-state index is 0.0642. The van der Waals surface area contributed by atoms with Crippen molar-refractivity contribution in [2.24, 2.45) is 11.8 Å². The van der Waals surface area contributed by atoms with Crippen molar-refractivity contribution in [2.45, 2.75) is 52.2 Å². The van der Waals surface area contributed by atoms with Crippen LogP contribution in [0.25, 0.3) is 0 Å². The molecule has 3 aliphatic rings. The van der Waals surface area contributed by atoms with Gasteiger partial charge in [-0.25, -0.2) is 9.78 Å².